The van der Waals surface area contributed by atoms with Gasteiger partial charge in [-0.05, 0) is 42.7 Å². The highest BCUT2D eigenvalue weighted by molar-refractivity contribution is 7.92. The highest BCUT2D eigenvalue weighted by Gasteiger charge is 2.18. The Balaban J connectivity index is 1.55. The number of benzene rings is 2. The first-order valence-electron chi connectivity index (χ1n) is 9.20. The van der Waals surface area contributed by atoms with Crippen molar-refractivity contribution in [3.05, 3.63) is 65.9 Å². The topological polar surface area (TPSA) is 82.3 Å². The summed E-state index contributed by atoms with van der Waals surface area (Å²) in [4.78, 5) is 15.4. The molecule has 3 rings (SSSR count). The molecule has 1 aromatic heterocycles. The van der Waals surface area contributed by atoms with Crippen molar-refractivity contribution in [3.8, 4) is 0 Å². The molecule has 0 aliphatic carbocycles. The summed E-state index contributed by atoms with van der Waals surface area (Å²) in [6.45, 7) is 2.52. The minimum atomic E-state index is -3.46. The van der Waals surface area contributed by atoms with Crippen LogP contribution in [-0.4, -0.2) is 38.7 Å². The number of hydrogen-bond donors (Lipinski definition) is 2. The molecule has 148 valence electrons. The zero-order valence-corrected chi connectivity index (χ0v) is 16.9. The smallest absolute Gasteiger partial charge is 0.232 e. The number of carbonyl (C=O) groups is 1. The number of H-pyrrole nitrogens is 1. The lowest BCUT2D eigenvalue weighted by Gasteiger charge is -2.22. The average molecular weight is 400 g/mol. The summed E-state index contributed by atoms with van der Waals surface area (Å²) in [5, 5.41) is 4.03. The first-order chi connectivity index (χ1) is 13.3. The van der Waals surface area contributed by atoms with E-state index in [9.17, 15) is 13.2 Å². The molecule has 1 amide bonds. The van der Waals surface area contributed by atoms with E-state index in [1.54, 1.807) is 12.1 Å². The van der Waals surface area contributed by atoms with Crippen LogP contribution in [0.25, 0.3) is 10.9 Å². The summed E-state index contributed by atoms with van der Waals surface area (Å²) in [5.74, 6) is -0.166. The number of amides is 1. The molecule has 3 aromatic rings. The number of anilines is 1. The molecular formula is C21H25N3O3S. The molecule has 0 fully saturated rings. The third-order valence-corrected chi connectivity index (χ3v) is 5.82. The van der Waals surface area contributed by atoms with E-state index < -0.39 is 10.0 Å². The molecule has 0 saturated heterocycles. The summed E-state index contributed by atoms with van der Waals surface area (Å²) < 4.78 is 25.6. The van der Waals surface area contributed by atoms with Crippen LogP contribution in [0.3, 0.4) is 0 Å². The molecule has 0 unspecified atom stereocenters. The molecule has 2 aromatic carbocycles. The minimum Gasteiger partial charge on any atom is -0.361 e. The molecule has 0 saturated carbocycles. The summed E-state index contributed by atoms with van der Waals surface area (Å²) in [6.07, 6.45) is 3.93. The van der Waals surface area contributed by atoms with Gasteiger partial charge in [-0.1, -0.05) is 30.3 Å². The van der Waals surface area contributed by atoms with Gasteiger partial charge in [0.25, 0.3) is 0 Å². The Hall–Kier alpha value is -2.80. The molecule has 2 N–H and O–H groups in total. The lowest BCUT2D eigenvalue weighted by molar-refractivity contribution is -0.120. The summed E-state index contributed by atoms with van der Waals surface area (Å²) in [5.41, 5.74) is 3.77. The van der Waals surface area contributed by atoms with Crippen molar-refractivity contribution in [1.29, 1.82) is 0 Å². The van der Waals surface area contributed by atoms with Gasteiger partial charge in [0.15, 0.2) is 0 Å². The van der Waals surface area contributed by atoms with Gasteiger partial charge in [-0.2, -0.15) is 0 Å². The zero-order chi connectivity index (χ0) is 20.1. The van der Waals surface area contributed by atoms with Crippen LogP contribution in [0.5, 0.6) is 0 Å². The predicted molar refractivity (Wildman–Crippen MR) is 113 cm³/mol. The van der Waals surface area contributed by atoms with E-state index in [-0.39, 0.29) is 18.9 Å². The van der Waals surface area contributed by atoms with Gasteiger partial charge < -0.3 is 10.3 Å². The van der Waals surface area contributed by atoms with Crippen molar-refractivity contribution in [2.75, 3.05) is 23.7 Å². The molecular weight excluding hydrogens is 374 g/mol. The van der Waals surface area contributed by atoms with Crippen molar-refractivity contribution in [2.45, 2.75) is 19.8 Å². The zero-order valence-electron chi connectivity index (χ0n) is 16.1. The number of aryl methyl sites for hydroxylation is 1. The highest BCUT2D eigenvalue weighted by atomic mass is 32.2. The van der Waals surface area contributed by atoms with E-state index in [2.05, 4.69) is 16.4 Å². The number of fused-ring (bicyclic) bond motifs is 1. The Bertz CT molecular complexity index is 1070. The monoisotopic (exact) mass is 399 g/mol. The SMILES string of the molecule is Cc1cccc(N(CCC(=O)NCCc2c[nH]c3ccccc23)S(C)(=O)=O)c1. The molecule has 1 heterocycles. The second-order valence-electron chi connectivity index (χ2n) is 6.88. The Morgan fingerprint density at radius 1 is 1.14 bits per heavy atom. The molecule has 0 spiro atoms. The van der Waals surface area contributed by atoms with Crippen LogP contribution >= 0.6 is 0 Å². The number of aromatic amines is 1. The van der Waals surface area contributed by atoms with Crippen molar-refractivity contribution < 1.29 is 13.2 Å². The third kappa shape index (κ3) is 4.92. The minimum absolute atomic E-state index is 0.106. The Morgan fingerprint density at radius 3 is 2.68 bits per heavy atom. The van der Waals surface area contributed by atoms with Crippen LogP contribution in [0.4, 0.5) is 5.69 Å². The van der Waals surface area contributed by atoms with Gasteiger partial charge in [0.1, 0.15) is 0 Å². The molecule has 0 aliphatic heterocycles. The normalized spacial score (nSPS) is 11.5. The first kappa shape index (κ1) is 19.9. The van der Waals surface area contributed by atoms with Crippen molar-refractivity contribution >= 4 is 32.5 Å². The van der Waals surface area contributed by atoms with Crippen molar-refractivity contribution in [1.82, 2.24) is 10.3 Å². The maximum absolute atomic E-state index is 12.2. The highest BCUT2D eigenvalue weighted by Crippen LogP contribution is 2.19. The van der Waals surface area contributed by atoms with Crippen LogP contribution in [-0.2, 0) is 21.2 Å². The van der Waals surface area contributed by atoms with Gasteiger partial charge in [-0.3, -0.25) is 9.10 Å². The second kappa shape index (κ2) is 8.48. The van der Waals surface area contributed by atoms with Gasteiger partial charge in [0, 0.05) is 36.6 Å². The van der Waals surface area contributed by atoms with Crippen LogP contribution in [0, 0.1) is 6.92 Å². The fourth-order valence-corrected chi connectivity index (χ4v) is 4.16. The Morgan fingerprint density at radius 2 is 1.93 bits per heavy atom. The number of hydrogen-bond acceptors (Lipinski definition) is 3. The van der Waals surface area contributed by atoms with E-state index in [0.717, 1.165) is 28.3 Å². The Kier molecular flexibility index (Phi) is 6.04. The number of sulfonamides is 1. The van der Waals surface area contributed by atoms with Crippen LogP contribution in [0.1, 0.15) is 17.5 Å². The molecule has 28 heavy (non-hydrogen) atoms. The third-order valence-electron chi connectivity index (χ3n) is 4.62. The quantitative estimate of drug-likeness (QED) is 0.611. The van der Waals surface area contributed by atoms with Gasteiger partial charge in [0.05, 0.1) is 11.9 Å². The van der Waals surface area contributed by atoms with Gasteiger partial charge >= 0.3 is 0 Å². The molecule has 0 bridgehead atoms. The largest absolute Gasteiger partial charge is 0.361 e. The number of nitrogens with one attached hydrogen (secondary N) is 2. The van der Waals surface area contributed by atoms with E-state index in [4.69, 9.17) is 0 Å². The standard InChI is InChI=1S/C21H25N3O3S/c1-16-6-5-7-18(14-16)24(28(2,26)27)13-11-21(25)22-12-10-17-15-23-20-9-4-3-8-19(17)20/h3-9,14-15,23H,10-13H2,1-2H3,(H,22,25). The maximum Gasteiger partial charge on any atom is 0.232 e. The van der Waals surface area contributed by atoms with Crippen molar-refractivity contribution in [3.63, 3.8) is 0 Å². The molecule has 0 aliphatic rings. The van der Waals surface area contributed by atoms with Gasteiger partial charge in [0.2, 0.25) is 15.9 Å². The molecule has 7 heteroatoms. The summed E-state index contributed by atoms with van der Waals surface area (Å²) in [6, 6.07) is 15.3. The number of nitrogens with zero attached hydrogens (tertiary/aromatic N) is 1. The van der Waals surface area contributed by atoms with Crippen LogP contribution in [0.15, 0.2) is 54.7 Å². The van der Waals surface area contributed by atoms with Crippen molar-refractivity contribution in [2.24, 2.45) is 0 Å². The van der Waals surface area contributed by atoms with E-state index in [1.807, 2.05) is 43.5 Å². The number of aromatic nitrogens is 1. The number of rotatable bonds is 8. The van der Waals surface area contributed by atoms with Gasteiger partial charge in [-0.25, -0.2) is 8.42 Å². The number of para-hydroxylation sites is 1. The van der Waals surface area contributed by atoms with Gasteiger partial charge in [-0.15, -0.1) is 0 Å². The lowest BCUT2D eigenvalue weighted by Crippen LogP contribution is -2.35. The predicted octanol–water partition coefficient (Wildman–Crippen LogP) is 2.99. The lowest BCUT2D eigenvalue weighted by atomic mass is 10.1. The molecule has 0 atom stereocenters. The fourth-order valence-electron chi connectivity index (χ4n) is 3.24. The fraction of sp³-hybridized carbons (Fsp3) is 0.286. The first-order valence-corrected chi connectivity index (χ1v) is 11.1. The summed E-state index contributed by atoms with van der Waals surface area (Å²) >= 11 is 0. The molecule has 0 radical (unpaired) electrons. The van der Waals surface area contributed by atoms with E-state index in [1.165, 1.54) is 4.31 Å². The molecule has 6 nitrogen and oxygen atoms in total. The maximum atomic E-state index is 12.2. The summed E-state index contributed by atoms with van der Waals surface area (Å²) in [7, 11) is -3.46. The second-order valence-corrected chi connectivity index (χ2v) is 8.79. The van der Waals surface area contributed by atoms with Crippen LogP contribution < -0.4 is 9.62 Å². The van der Waals surface area contributed by atoms with Crippen LogP contribution in [0.2, 0.25) is 0 Å². The van der Waals surface area contributed by atoms with E-state index >= 15 is 0 Å². The Labute approximate surface area is 165 Å². The average Bonchev–Trinajstić information content (AvgIpc) is 3.04. The van der Waals surface area contributed by atoms with E-state index in [0.29, 0.717) is 18.7 Å². The number of carbonyl (C=O) groups excluding carboxylic acids is 1.